The van der Waals surface area contributed by atoms with Gasteiger partial charge in [0.25, 0.3) is 0 Å². The van der Waals surface area contributed by atoms with E-state index in [2.05, 4.69) is 27.4 Å². The van der Waals surface area contributed by atoms with Crippen molar-refractivity contribution in [1.29, 1.82) is 0 Å². The zero-order valence-corrected chi connectivity index (χ0v) is 8.27. The van der Waals surface area contributed by atoms with Crippen molar-refractivity contribution in [3.63, 3.8) is 0 Å². The summed E-state index contributed by atoms with van der Waals surface area (Å²) in [6.07, 6.45) is 7.45. The molecule has 0 N–H and O–H groups in total. The maximum absolute atomic E-state index is 3.48. The molecule has 0 aliphatic heterocycles. The van der Waals surface area contributed by atoms with Crippen LogP contribution in [0.3, 0.4) is 0 Å². The predicted octanol–water partition coefficient (Wildman–Crippen LogP) is 4.02. The molecule has 66 valence electrons. The van der Waals surface area contributed by atoms with Crippen LogP contribution in [0.5, 0.6) is 0 Å². The Morgan fingerprint density at radius 2 is 1.91 bits per heavy atom. The summed E-state index contributed by atoms with van der Waals surface area (Å²) in [5.74, 6) is 2.06. The van der Waals surface area contributed by atoms with E-state index in [0.717, 1.165) is 18.3 Å². The van der Waals surface area contributed by atoms with E-state index in [4.69, 9.17) is 0 Å². The summed E-state index contributed by atoms with van der Waals surface area (Å²) in [5.41, 5.74) is 0. The average Bonchev–Trinajstić information content (AvgIpc) is 2.71. The smallest absolute Gasteiger partial charge is 0.0382 e. The van der Waals surface area contributed by atoms with Gasteiger partial charge in [-0.2, -0.15) is 0 Å². The first-order valence-corrected chi connectivity index (χ1v) is 4.81. The maximum atomic E-state index is 3.48. The summed E-state index contributed by atoms with van der Waals surface area (Å²) in [6, 6.07) is 0. The standard InChI is InChI=1S/C7H14.C4H8/c1-6(2)5-7-3-4-7;1-3-4-2/h6-7H,3-5H2,1-2H3;3H,1,4H2,2H3. The molecule has 1 aliphatic rings. The van der Waals surface area contributed by atoms with Crippen LogP contribution in [0.2, 0.25) is 0 Å². The molecule has 0 radical (unpaired) electrons. The van der Waals surface area contributed by atoms with Gasteiger partial charge < -0.3 is 0 Å². The van der Waals surface area contributed by atoms with Gasteiger partial charge >= 0.3 is 0 Å². The lowest BCUT2D eigenvalue weighted by molar-refractivity contribution is 0.541. The van der Waals surface area contributed by atoms with Crippen LogP contribution in [-0.2, 0) is 0 Å². The molecule has 0 heterocycles. The summed E-state index contributed by atoms with van der Waals surface area (Å²) < 4.78 is 0. The Hall–Kier alpha value is -0.260. The minimum atomic E-state index is 0.937. The highest BCUT2D eigenvalue weighted by atomic mass is 14.3. The van der Waals surface area contributed by atoms with E-state index < -0.39 is 0 Å². The van der Waals surface area contributed by atoms with E-state index in [1.54, 1.807) is 0 Å². The van der Waals surface area contributed by atoms with Crippen molar-refractivity contribution in [1.82, 2.24) is 0 Å². The van der Waals surface area contributed by atoms with E-state index in [1.165, 1.54) is 19.3 Å². The summed E-state index contributed by atoms with van der Waals surface area (Å²) in [4.78, 5) is 0. The lowest BCUT2D eigenvalue weighted by atomic mass is 10.1. The molecule has 1 fully saturated rings. The third kappa shape index (κ3) is 9.74. The SMILES string of the molecule is C=CCC.CC(C)CC1CC1. The fraction of sp³-hybridized carbons (Fsp3) is 0.818. The molecule has 1 aliphatic carbocycles. The first-order valence-electron chi connectivity index (χ1n) is 4.81. The summed E-state index contributed by atoms with van der Waals surface area (Å²) in [6.45, 7) is 10.1. The molecule has 0 spiro atoms. The molecule has 1 saturated carbocycles. The third-order valence-corrected chi connectivity index (χ3v) is 1.79. The van der Waals surface area contributed by atoms with Crippen LogP contribution in [0, 0.1) is 11.8 Å². The Balaban J connectivity index is 0.000000218. The highest BCUT2D eigenvalue weighted by Gasteiger charge is 2.21. The maximum Gasteiger partial charge on any atom is -0.0382 e. The van der Waals surface area contributed by atoms with E-state index in [-0.39, 0.29) is 0 Å². The molecule has 0 aromatic carbocycles. The molecule has 1 rings (SSSR count). The van der Waals surface area contributed by atoms with E-state index in [1.807, 2.05) is 6.08 Å². The summed E-state index contributed by atoms with van der Waals surface area (Å²) in [5, 5.41) is 0. The van der Waals surface area contributed by atoms with Gasteiger partial charge in [-0.05, 0) is 24.7 Å². The molecule has 0 aromatic rings. The van der Waals surface area contributed by atoms with Gasteiger partial charge in [-0.15, -0.1) is 6.58 Å². The van der Waals surface area contributed by atoms with Crippen molar-refractivity contribution in [2.24, 2.45) is 11.8 Å². The average molecular weight is 154 g/mol. The van der Waals surface area contributed by atoms with Gasteiger partial charge in [0.2, 0.25) is 0 Å². The number of hydrogen-bond acceptors (Lipinski definition) is 0. The summed E-state index contributed by atoms with van der Waals surface area (Å²) in [7, 11) is 0. The normalized spacial score (nSPS) is 15.6. The Morgan fingerprint density at radius 1 is 1.45 bits per heavy atom. The minimum Gasteiger partial charge on any atom is -0.103 e. The van der Waals surface area contributed by atoms with Crippen LogP contribution in [0.4, 0.5) is 0 Å². The van der Waals surface area contributed by atoms with E-state index in [9.17, 15) is 0 Å². The highest BCUT2D eigenvalue weighted by molar-refractivity contribution is 4.73. The molecular weight excluding hydrogens is 132 g/mol. The fourth-order valence-electron chi connectivity index (χ4n) is 1.02. The zero-order chi connectivity index (χ0) is 8.69. The lowest BCUT2D eigenvalue weighted by Crippen LogP contribution is -1.86. The van der Waals surface area contributed by atoms with Gasteiger partial charge in [0.15, 0.2) is 0 Å². The Bertz CT molecular complexity index is 88.2. The monoisotopic (exact) mass is 154 g/mol. The molecule has 11 heavy (non-hydrogen) atoms. The van der Waals surface area contributed by atoms with E-state index >= 15 is 0 Å². The lowest BCUT2D eigenvalue weighted by Gasteiger charge is -1.98. The molecule has 0 saturated heterocycles. The van der Waals surface area contributed by atoms with Crippen LogP contribution in [0.25, 0.3) is 0 Å². The van der Waals surface area contributed by atoms with Crippen LogP contribution < -0.4 is 0 Å². The van der Waals surface area contributed by atoms with Crippen LogP contribution >= 0.6 is 0 Å². The first-order chi connectivity index (χ1) is 5.20. The minimum absolute atomic E-state index is 0.937. The fourth-order valence-corrected chi connectivity index (χ4v) is 1.02. The van der Waals surface area contributed by atoms with Gasteiger partial charge in [-0.1, -0.05) is 39.7 Å². The molecule has 0 nitrogen and oxygen atoms in total. The zero-order valence-electron chi connectivity index (χ0n) is 8.27. The molecule has 0 atom stereocenters. The van der Waals surface area contributed by atoms with Gasteiger partial charge in [0.1, 0.15) is 0 Å². The summed E-state index contributed by atoms with van der Waals surface area (Å²) >= 11 is 0. The molecular formula is C11H22. The Kier molecular flexibility index (Phi) is 6.30. The van der Waals surface area contributed by atoms with Crippen LogP contribution in [0.1, 0.15) is 46.5 Å². The first kappa shape index (κ1) is 10.7. The van der Waals surface area contributed by atoms with Gasteiger partial charge in [0.05, 0.1) is 0 Å². The predicted molar refractivity (Wildman–Crippen MR) is 52.7 cm³/mol. The second-order valence-electron chi connectivity index (χ2n) is 3.77. The van der Waals surface area contributed by atoms with Crippen molar-refractivity contribution < 1.29 is 0 Å². The van der Waals surface area contributed by atoms with Gasteiger partial charge in [-0.25, -0.2) is 0 Å². The van der Waals surface area contributed by atoms with Gasteiger partial charge in [0, 0.05) is 0 Å². The third-order valence-electron chi connectivity index (χ3n) is 1.79. The van der Waals surface area contributed by atoms with Crippen molar-refractivity contribution in [2.45, 2.75) is 46.5 Å². The molecule has 0 unspecified atom stereocenters. The number of rotatable bonds is 3. The molecule has 0 amide bonds. The van der Waals surface area contributed by atoms with Gasteiger partial charge in [-0.3, -0.25) is 0 Å². The largest absolute Gasteiger partial charge is 0.103 e. The second-order valence-corrected chi connectivity index (χ2v) is 3.77. The van der Waals surface area contributed by atoms with Crippen LogP contribution in [-0.4, -0.2) is 0 Å². The molecule has 0 bridgehead atoms. The molecule has 0 aromatic heterocycles. The second kappa shape index (κ2) is 6.45. The van der Waals surface area contributed by atoms with Crippen molar-refractivity contribution >= 4 is 0 Å². The highest BCUT2D eigenvalue weighted by Crippen LogP contribution is 2.34. The topological polar surface area (TPSA) is 0 Å². The van der Waals surface area contributed by atoms with Crippen molar-refractivity contribution in [3.05, 3.63) is 12.7 Å². The van der Waals surface area contributed by atoms with Crippen molar-refractivity contribution in [2.75, 3.05) is 0 Å². The number of allylic oxidation sites excluding steroid dienone is 1. The van der Waals surface area contributed by atoms with E-state index in [0.29, 0.717) is 0 Å². The quantitative estimate of drug-likeness (QED) is 0.538. The van der Waals surface area contributed by atoms with Crippen LogP contribution in [0.15, 0.2) is 12.7 Å². The number of hydrogen-bond donors (Lipinski definition) is 0. The Morgan fingerprint density at radius 3 is 2.00 bits per heavy atom. The molecule has 0 heteroatoms. The van der Waals surface area contributed by atoms with Crippen molar-refractivity contribution in [3.8, 4) is 0 Å². The Labute approximate surface area is 71.7 Å².